The van der Waals surface area contributed by atoms with E-state index in [1.807, 2.05) is 0 Å². The number of sulfone groups is 1. The quantitative estimate of drug-likeness (QED) is 0.164. The SMILES string of the molecule is C=CC(C)=O.CC(=O)CCS(=O)(=O)CCO.CC(=O)CCSCCO.O.OCCS. The molecule has 0 aromatic rings. The van der Waals surface area contributed by atoms with Gasteiger partial charge in [0, 0.05) is 30.1 Å². The Morgan fingerprint density at radius 3 is 1.60 bits per heavy atom. The van der Waals surface area contributed by atoms with Gasteiger partial charge >= 0.3 is 0 Å². The fraction of sp³-hybridized carbons (Fsp3) is 0.722. The fourth-order valence-electron chi connectivity index (χ4n) is 0.923. The maximum Gasteiger partial charge on any atom is 0.152 e. The van der Waals surface area contributed by atoms with Crippen molar-refractivity contribution < 1.29 is 43.6 Å². The minimum atomic E-state index is -3.20. The van der Waals surface area contributed by atoms with E-state index in [9.17, 15) is 22.8 Å². The summed E-state index contributed by atoms with van der Waals surface area (Å²) in [6.07, 6.45) is 1.95. The number of aliphatic hydroxyl groups is 3. The minimum absolute atomic E-state index is 0. The van der Waals surface area contributed by atoms with E-state index in [1.165, 1.54) is 19.9 Å². The molecule has 5 N–H and O–H groups in total. The van der Waals surface area contributed by atoms with Crippen molar-refractivity contribution in [2.75, 3.05) is 48.6 Å². The maximum absolute atomic E-state index is 10.8. The molecule has 0 heterocycles. The molecule has 0 saturated carbocycles. The van der Waals surface area contributed by atoms with Crippen LogP contribution in [0.2, 0.25) is 0 Å². The highest BCUT2D eigenvalue weighted by Gasteiger charge is 2.10. The molecule has 0 rings (SSSR count). The first-order valence-electron chi connectivity index (χ1n) is 8.77. The van der Waals surface area contributed by atoms with Gasteiger partial charge in [0.2, 0.25) is 0 Å². The van der Waals surface area contributed by atoms with Gasteiger partial charge in [-0.1, -0.05) is 6.58 Å². The Kier molecular flexibility index (Phi) is 40.3. The van der Waals surface area contributed by atoms with Gasteiger partial charge in [-0.05, 0) is 26.8 Å². The highest BCUT2D eigenvalue weighted by molar-refractivity contribution is 7.99. The van der Waals surface area contributed by atoms with Gasteiger partial charge < -0.3 is 20.8 Å². The number of rotatable bonds is 12. The van der Waals surface area contributed by atoms with E-state index >= 15 is 0 Å². The van der Waals surface area contributed by atoms with E-state index < -0.39 is 9.84 Å². The van der Waals surface area contributed by atoms with E-state index in [-0.39, 0.29) is 60.6 Å². The average molecular weight is 495 g/mol. The van der Waals surface area contributed by atoms with Crippen molar-refractivity contribution in [3.05, 3.63) is 12.7 Å². The molecule has 0 saturated heterocycles. The van der Waals surface area contributed by atoms with E-state index in [0.717, 1.165) is 11.5 Å². The zero-order valence-corrected chi connectivity index (χ0v) is 20.5. The number of allylic oxidation sites excluding steroid dienone is 1. The van der Waals surface area contributed by atoms with Crippen molar-refractivity contribution in [2.24, 2.45) is 0 Å². The predicted molar refractivity (Wildman–Crippen MR) is 126 cm³/mol. The first-order chi connectivity index (χ1) is 13.4. The molecule has 182 valence electrons. The number of hydrogen-bond donors (Lipinski definition) is 4. The molecule has 30 heavy (non-hydrogen) atoms. The predicted octanol–water partition coefficient (Wildman–Crippen LogP) is -0.0912. The highest BCUT2D eigenvalue weighted by Crippen LogP contribution is 2.00. The molecule has 0 aromatic carbocycles. The summed E-state index contributed by atoms with van der Waals surface area (Å²) in [5.41, 5.74) is 0. The monoisotopic (exact) mass is 494 g/mol. The number of Topliss-reactive ketones (excluding diaryl/α,β-unsaturated/α-hetero) is 2. The molecule has 0 aromatic heterocycles. The van der Waals surface area contributed by atoms with Crippen LogP contribution in [-0.4, -0.2) is 95.1 Å². The zero-order valence-electron chi connectivity index (χ0n) is 18.0. The molecular formula is C18H38O9S3. The molecule has 12 heteroatoms. The van der Waals surface area contributed by atoms with Crippen LogP contribution < -0.4 is 0 Å². The number of thiol groups is 1. The van der Waals surface area contributed by atoms with Crippen LogP contribution in [0.25, 0.3) is 0 Å². The van der Waals surface area contributed by atoms with Crippen LogP contribution in [0.1, 0.15) is 33.6 Å². The highest BCUT2D eigenvalue weighted by atomic mass is 32.2. The van der Waals surface area contributed by atoms with Gasteiger partial charge in [-0.3, -0.25) is 14.4 Å². The number of carbonyl (C=O) groups excluding carboxylic acids is 3. The van der Waals surface area contributed by atoms with Gasteiger partial charge in [0.15, 0.2) is 15.6 Å². The van der Waals surface area contributed by atoms with Crippen molar-refractivity contribution in [2.45, 2.75) is 33.6 Å². The number of thioether (sulfide) groups is 1. The smallest absolute Gasteiger partial charge is 0.152 e. The molecule has 0 amide bonds. The summed E-state index contributed by atoms with van der Waals surface area (Å²) in [4.78, 5) is 30.4. The lowest BCUT2D eigenvalue weighted by Gasteiger charge is -1.98. The van der Waals surface area contributed by atoms with Crippen LogP contribution in [-0.2, 0) is 24.2 Å². The summed E-state index contributed by atoms with van der Waals surface area (Å²) in [6, 6.07) is 0. The van der Waals surface area contributed by atoms with Crippen molar-refractivity contribution in [1.29, 1.82) is 0 Å². The first kappa shape index (κ1) is 39.7. The zero-order chi connectivity index (χ0) is 23.7. The molecule has 0 aliphatic heterocycles. The number of ketones is 3. The summed E-state index contributed by atoms with van der Waals surface area (Å²) in [5, 5.41) is 24.4. The van der Waals surface area contributed by atoms with Gasteiger partial charge in [0.05, 0.1) is 31.3 Å². The van der Waals surface area contributed by atoms with Crippen LogP contribution in [0.15, 0.2) is 12.7 Å². The van der Waals surface area contributed by atoms with E-state index in [0.29, 0.717) is 12.2 Å². The third-order valence-electron chi connectivity index (χ3n) is 2.39. The molecule has 0 aliphatic carbocycles. The molecule has 0 spiro atoms. The van der Waals surface area contributed by atoms with Gasteiger partial charge in [-0.25, -0.2) is 8.42 Å². The van der Waals surface area contributed by atoms with Gasteiger partial charge in [-0.2, -0.15) is 24.4 Å². The van der Waals surface area contributed by atoms with Crippen molar-refractivity contribution in [3.63, 3.8) is 0 Å². The van der Waals surface area contributed by atoms with E-state index in [2.05, 4.69) is 19.2 Å². The van der Waals surface area contributed by atoms with Crippen molar-refractivity contribution >= 4 is 51.6 Å². The van der Waals surface area contributed by atoms with Gasteiger partial charge in [0.25, 0.3) is 0 Å². The Morgan fingerprint density at radius 1 is 0.900 bits per heavy atom. The molecule has 0 radical (unpaired) electrons. The van der Waals surface area contributed by atoms with Crippen LogP contribution in [0, 0.1) is 0 Å². The molecule has 0 fully saturated rings. The lowest BCUT2D eigenvalue weighted by atomic mass is 10.4. The summed E-state index contributed by atoms with van der Waals surface area (Å²) in [7, 11) is -3.20. The molecular weight excluding hydrogens is 456 g/mol. The molecule has 0 aliphatic rings. The third kappa shape index (κ3) is 56.4. The Labute approximate surface area is 190 Å². The normalized spacial score (nSPS) is 9.17. The van der Waals surface area contributed by atoms with Crippen LogP contribution in [0.3, 0.4) is 0 Å². The molecule has 9 nitrogen and oxygen atoms in total. The van der Waals surface area contributed by atoms with Crippen LogP contribution >= 0.6 is 24.4 Å². The van der Waals surface area contributed by atoms with Gasteiger partial charge in [-0.15, -0.1) is 0 Å². The van der Waals surface area contributed by atoms with Crippen molar-refractivity contribution in [3.8, 4) is 0 Å². The van der Waals surface area contributed by atoms with E-state index in [1.54, 1.807) is 18.7 Å². The standard InChI is InChI=1S/C6H12O4S.C6H12O2S.C4H6O.C2H6OS.H2O/c1-6(8)2-4-11(9,10)5-3-7;1-6(8)2-4-9-5-3-7;1-3-4(2)5;3-1-2-4;/h7H,2-5H2,1H3;7H,2-5H2,1H3;3H,1H2,2H3;3-4H,1-2H2;1H2. The summed E-state index contributed by atoms with van der Waals surface area (Å²) < 4.78 is 21.6. The molecule has 0 atom stereocenters. The van der Waals surface area contributed by atoms with Crippen LogP contribution in [0.5, 0.6) is 0 Å². The number of hydrogen-bond acceptors (Lipinski definition) is 10. The second-order valence-corrected chi connectivity index (χ2v) is 9.35. The summed E-state index contributed by atoms with van der Waals surface area (Å²) >= 11 is 5.28. The van der Waals surface area contributed by atoms with E-state index in [4.69, 9.17) is 15.3 Å². The summed E-state index contributed by atoms with van der Waals surface area (Å²) in [6.45, 7) is 7.62. The van der Waals surface area contributed by atoms with Gasteiger partial charge in [0.1, 0.15) is 11.6 Å². The number of carbonyl (C=O) groups is 3. The second-order valence-electron chi connectivity index (χ2n) is 5.38. The minimum Gasteiger partial charge on any atom is -0.412 e. The second kappa shape index (κ2) is 30.4. The molecule has 0 bridgehead atoms. The Balaban J connectivity index is -0.0000000986. The Morgan fingerprint density at radius 2 is 1.33 bits per heavy atom. The lowest BCUT2D eigenvalue weighted by Crippen LogP contribution is -2.15. The largest absolute Gasteiger partial charge is 0.412 e. The topological polar surface area (TPSA) is 178 Å². The fourth-order valence-corrected chi connectivity index (χ4v) is 2.77. The third-order valence-corrected chi connectivity index (χ3v) is 5.18. The Hall–Kier alpha value is -0.760. The van der Waals surface area contributed by atoms with Crippen molar-refractivity contribution in [1.82, 2.24) is 0 Å². The summed E-state index contributed by atoms with van der Waals surface area (Å²) in [5.74, 6) is 1.85. The van der Waals surface area contributed by atoms with Crippen LogP contribution in [0.4, 0.5) is 0 Å². The number of aliphatic hydroxyl groups excluding tert-OH is 3. The molecule has 0 unspecified atom stereocenters. The average Bonchev–Trinajstić information content (AvgIpc) is 2.65. The Bertz CT molecular complexity index is 519. The lowest BCUT2D eigenvalue weighted by molar-refractivity contribution is -0.117. The first-order valence-corrected chi connectivity index (χ1v) is 12.4. The maximum atomic E-state index is 10.8.